The van der Waals surface area contributed by atoms with Gasteiger partial charge in [0.1, 0.15) is 6.07 Å². The average molecular weight is 250 g/mol. The molecule has 0 saturated heterocycles. The first-order valence-corrected chi connectivity index (χ1v) is 6.58. The molecule has 0 atom stereocenters. The van der Waals surface area contributed by atoms with E-state index in [1.807, 2.05) is 19.9 Å². The Bertz CT molecular complexity index is 564. The minimum Gasteiger partial charge on any atom is -0.207 e. The summed E-state index contributed by atoms with van der Waals surface area (Å²) in [7, 11) is -3.62. The lowest BCUT2D eigenvalue weighted by atomic mass is 10.2. The first-order chi connectivity index (χ1) is 7.97. The van der Waals surface area contributed by atoms with Crippen LogP contribution in [0.5, 0.6) is 0 Å². The summed E-state index contributed by atoms with van der Waals surface area (Å²) in [5, 5.41) is 8.84. The molecule has 0 bridgehead atoms. The molecular weight excluding hydrogens is 236 g/mol. The molecule has 0 heterocycles. The van der Waals surface area contributed by atoms with Crippen molar-refractivity contribution in [3.05, 3.63) is 41.5 Å². The summed E-state index contributed by atoms with van der Waals surface area (Å²) in [6.45, 7) is 4.00. The predicted octanol–water partition coefficient (Wildman–Crippen LogP) is 1.80. The minimum absolute atomic E-state index is 0.0182. The Hall–Kier alpha value is -1.64. The lowest BCUT2D eigenvalue weighted by molar-refractivity contribution is 0.585. The maximum absolute atomic E-state index is 11.9. The number of nitrogens with one attached hydrogen (secondary N) is 1. The van der Waals surface area contributed by atoms with E-state index in [1.54, 1.807) is 18.2 Å². The van der Waals surface area contributed by atoms with Gasteiger partial charge in [0.2, 0.25) is 10.0 Å². The number of allylic oxidation sites excluding steroid dienone is 1. The van der Waals surface area contributed by atoms with Crippen LogP contribution in [0.15, 0.2) is 40.8 Å². The molecule has 5 heteroatoms. The van der Waals surface area contributed by atoms with Crippen molar-refractivity contribution in [1.82, 2.24) is 4.72 Å². The van der Waals surface area contributed by atoms with Gasteiger partial charge >= 0.3 is 0 Å². The zero-order chi connectivity index (χ0) is 12.9. The van der Waals surface area contributed by atoms with Gasteiger partial charge in [0.15, 0.2) is 0 Å². The van der Waals surface area contributed by atoms with Crippen LogP contribution in [-0.4, -0.2) is 15.0 Å². The third-order valence-corrected chi connectivity index (χ3v) is 3.56. The number of nitriles is 1. The van der Waals surface area contributed by atoms with E-state index in [9.17, 15) is 8.42 Å². The van der Waals surface area contributed by atoms with Gasteiger partial charge in [-0.1, -0.05) is 23.8 Å². The fourth-order valence-corrected chi connectivity index (χ4v) is 2.35. The molecule has 0 saturated carbocycles. The summed E-state index contributed by atoms with van der Waals surface area (Å²) in [6, 6.07) is 7.99. The van der Waals surface area contributed by atoms with Crippen molar-refractivity contribution in [2.24, 2.45) is 0 Å². The number of hydrogen-bond acceptors (Lipinski definition) is 3. The van der Waals surface area contributed by atoms with Gasteiger partial charge in [-0.05, 0) is 26.0 Å². The molecule has 0 amide bonds. The summed E-state index contributed by atoms with van der Waals surface area (Å²) < 4.78 is 26.2. The number of rotatable bonds is 4. The molecule has 0 spiro atoms. The lowest BCUT2D eigenvalue weighted by Crippen LogP contribution is -2.24. The molecule has 4 nitrogen and oxygen atoms in total. The second-order valence-electron chi connectivity index (χ2n) is 3.74. The van der Waals surface area contributed by atoms with Gasteiger partial charge in [-0.2, -0.15) is 5.26 Å². The Morgan fingerprint density at radius 2 is 2.06 bits per heavy atom. The Morgan fingerprint density at radius 1 is 1.41 bits per heavy atom. The van der Waals surface area contributed by atoms with Gasteiger partial charge in [0.05, 0.1) is 10.5 Å². The number of benzene rings is 1. The van der Waals surface area contributed by atoms with Crippen LogP contribution in [0.25, 0.3) is 0 Å². The van der Waals surface area contributed by atoms with Crippen LogP contribution >= 0.6 is 0 Å². The van der Waals surface area contributed by atoms with E-state index in [-0.39, 0.29) is 17.0 Å². The third-order valence-electron chi connectivity index (χ3n) is 2.08. The van der Waals surface area contributed by atoms with Gasteiger partial charge in [0.25, 0.3) is 0 Å². The molecule has 1 aromatic rings. The van der Waals surface area contributed by atoms with Crippen LogP contribution in [-0.2, 0) is 10.0 Å². The first kappa shape index (κ1) is 13.4. The van der Waals surface area contributed by atoms with Crippen molar-refractivity contribution in [1.29, 1.82) is 5.26 Å². The van der Waals surface area contributed by atoms with E-state index < -0.39 is 10.0 Å². The van der Waals surface area contributed by atoms with Gasteiger partial charge < -0.3 is 0 Å². The van der Waals surface area contributed by atoms with E-state index in [1.165, 1.54) is 12.1 Å². The van der Waals surface area contributed by atoms with Crippen LogP contribution in [0.4, 0.5) is 0 Å². The molecule has 0 unspecified atom stereocenters. The molecule has 1 aromatic carbocycles. The van der Waals surface area contributed by atoms with Crippen LogP contribution in [0.3, 0.4) is 0 Å². The molecule has 0 aliphatic rings. The van der Waals surface area contributed by atoms with Gasteiger partial charge in [0, 0.05) is 6.54 Å². The van der Waals surface area contributed by atoms with Crippen LogP contribution in [0, 0.1) is 11.3 Å². The molecule has 1 N–H and O–H groups in total. The third kappa shape index (κ3) is 3.70. The maximum atomic E-state index is 11.9. The maximum Gasteiger partial charge on any atom is 0.242 e. The highest BCUT2D eigenvalue weighted by molar-refractivity contribution is 7.89. The number of hydrogen-bond donors (Lipinski definition) is 1. The number of nitrogens with zero attached hydrogens (tertiary/aromatic N) is 1. The van der Waals surface area contributed by atoms with Crippen molar-refractivity contribution >= 4 is 10.0 Å². The highest BCUT2D eigenvalue weighted by Gasteiger charge is 2.16. The van der Waals surface area contributed by atoms with Crippen LogP contribution < -0.4 is 4.72 Å². The molecule has 0 aliphatic carbocycles. The van der Waals surface area contributed by atoms with Crippen molar-refractivity contribution in [2.75, 3.05) is 6.54 Å². The SMILES string of the molecule is CC(C)=CCNS(=O)(=O)c1ccccc1C#N. The molecule has 0 radical (unpaired) electrons. The summed E-state index contributed by atoms with van der Waals surface area (Å²) in [5.74, 6) is 0. The van der Waals surface area contributed by atoms with Crippen molar-refractivity contribution in [3.63, 3.8) is 0 Å². The van der Waals surface area contributed by atoms with Gasteiger partial charge in [-0.15, -0.1) is 0 Å². The smallest absolute Gasteiger partial charge is 0.207 e. The summed E-state index contributed by atoms with van der Waals surface area (Å²) in [4.78, 5) is 0.0182. The lowest BCUT2D eigenvalue weighted by Gasteiger charge is -2.06. The first-order valence-electron chi connectivity index (χ1n) is 5.09. The highest BCUT2D eigenvalue weighted by Crippen LogP contribution is 2.13. The molecule has 0 fully saturated rings. The van der Waals surface area contributed by atoms with Gasteiger partial charge in [-0.25, -0.2) is 13.1 Å². The summed E-state index contributed by atoms with van der Waals surface area (Å²) in [6.07, 6.45) is 1.77. The van der Waals surface area contributed by atoms with E-state index in [0.717, 1.165) is 5.57 Å². The van der Waals surface area contributed by atoms with E-state index in [4.69, 9.17) is 5.26 Å². The fraction of sp³-hybridized carbons (Fsp3) is 0.250. The predicted molar refractivity (Wildman–Crippen MR) is 65.8 cm³/mol. The molecule has 90 valence electrons. The molecule has 0 aliphatic heterocycles. The minimum atomic E-state index is -3.62. The summed E-state index contributed by atoms with van der Waals surface area (Å²) >= 11 is 0. The second kappa shape index (κ2) is 5.62. The molecule has 0 aromatic heterocycles. The molecule has 17 heavy (non-hydrogen) atoms. The normalized spacial score (nSPS) is 10.6. The average Bonchev–Trinajstić information content (AvgIpc) is 2.28. The summed E-state index contributed by atoms with van der Waals surface area (Å²) in [5.41, 5.74) is 1.18. The van der Waals surface area contributed by atoms with Crippen molar-refractivity contribution < 1.29 is 8.42 Å². The zero-order valence-corrected chi connectivity index (χ0v) is 10.6. The van der Waals surface area contributed by atoms with Crippen LogP contribution in [0.2, 0.25) is 0 Å². The monoisotopic (exact) mass is 250 g/mol. The van der Waals surface area contributed by atoms with Crippen molar-refractivity contribution in [2.45, 2.75) is 18.7 Å². The van der Waals surface area contributed by atoms with Gasteiger partial charge in [-0.3, -0.25) is 0 Å². The van der Waals surface area contributed by atoms with E-state index >= 15 is 0 Å². The molecular formula is C12H14N2O2S. The largest absolute Gasteiger partial charge is 0.242 e. The van der Waals surface area contributed by atoms with E-state index in [2.05, 4.69) is 4.72 Å². The topological polar surface area (TPSA) is 70.0 Å². The Balaban J connectivity index is 2.99. The second-order valence-corrected chi connectivity index (χ2v) is 5.48. The van der Waals surface area contributed by atoms with Crippen LogP contribution in [0.1, 0.15) is 19.4 Å². The number of sulfonamides is 1. The zero-order valence-electron chi connectivity index (χ0n) is 9.77. The Labute approximate surface area is 102 Å². The fourth-order valence-electron chi connectivity index (χ4n) is 1.23. The molecule has 1 rings (SSSR count). The van der Waals surface area contributed by atoms with E-state index in [0.29, 0.717) is 0 Å². The quantitative estimate of drug-likeness (QED) is 0.828. The Morgan fingerprint density at radius 3 is 2.65 bits per heavy atom. The Kier molecular flexibility index (Phi) is 4.44. The highest BCUT2D eigenvalue weighted by atomic mass is 32.2. The van der Waals surface area contributed by atoms with Crippen molar-refractivity contribution in [3.8, 4) is 6.07 Å². The standard InChI is InChI=1S/C12H14N2O2S/c1-10(2)7-8-14-17(15,16)12-6-4-3-5-11(12)9-13/h3-7,14H,8H2,1-2H3.